The Balaban J connectivity index is 2.23. The molecule has 0 bridgehead atoms. The van der Waals surface area contributed by atoms with Crippen molar-refractivity contribution in [3.05, 3.63) is 36.4 Å². The summed E-state index contributed by atoms with van der Waals surface area (Å²) in [6, 6.07) is -4.13. The van der Waals surface area contributed by atoms with Crippen LogP contribution in [0.25, 0.3) is 0 Å². The molecule has 0 radical (unpaired) electrons. The number of aliphatic carboxylic acids is 1. The number of nitrogens with one attached hydrogen (secondary N) is 5. The third-order valence-electron chi connectivity index (χ3n) is 6.01. The van der Waals surface area contributed by atoms with Crippen molar-refractivity contribution >= 4 is 35.5 Å². The molecule has 5 unspecified atom stereocenters. The topological polar surface area (TPSA) is 208 Å². The molecule has 3 amide bonds. The number of nitrogens with zero attached hydrogens (tertiary/aromatic N) is 2. The zero-order valence-corrected chi connectivity index (χ0v) is 22.0. The van der Waals surface area contributed by atoms with Crippen LogP contribution in [0, 0.1) is 5.92 Å². The number of hydrogen-bond donors (Lipinski definition) is 7. The standard InChI is InChI=1S/C23H36N8O5S/c1-4-13(2)19(24)22(34)31-18(8-15-10-26-12-28-15)21(33)30-17(7-14-9-25-11-27-14)20(32)29-16(23(35)36)5-6-37-3/h9-13,16-19H,4-8,24H2,1-3H3,(H,25,27)(H,26,28)(H,29,32)(H,30,33)(H,31,34)(H,35,36). The number of carbonyl (C=O) groups excluding carboxylic acids is 3. The second-order valence-corrected chi connectivity index (χ2v) is 9.76. The zero-order chi connectivity index (χ0) is 27.4. The Labute approximate surface area is 219 Å². The molecule has 8 N–H and O–H groups in total. The van der Waals surface area contributed by atoms with Crippen LogP contribution >= 0.6 is 11.8 Å². The number of hydrogen-bond acceptors (Lipinski definition) is 8. The van der Waals surface area contributed by atoms with Gasteiger partial charge in [-0.15, -0.1) is 0 Å². The summed E-state index contributed by atoms with van der Waals surface area (Å²) in [6.45, 7) is 3.75. The third kappa shape index (κ3) is 9.53. The Morgan fingerprint density at radius 3 is 1.84 bits per heavy atom. The predicted molar refractivity (Wildman–Crippen MR) is 138 cm³/mol. The summed E-state index contributed by atoms with van der Waals surface area (Å²) in [6.07, 6.45) is 8.76. The summed E-state index contributed by atoms with van der Waals surface area (Å²) in [4.78, 5) is 64.6. The minimum atomic E-state index is -1.17. The molecule has 37 heavy (non-hydrogen) atoms. The Morgan fingerprint density at radius 1 is 0.946 bits per heavy atom. The Bertz CT molecular complexity index is 1000. The first-order chi connectivity index (χ1) is 17.7. The largest absolute Gasteiger partial charge is 0.480 e. The maximum atomic E-state index is 13.4. The number of nitrogens with two attached hydrogens (primary N) is 1. The van der Waals surface area contributed by atoms with Gasteiger partial charge in [0, 0.05) is 36.6 Å². The first kappa shape index (κ1) is 29.8. The number of carboxylic acid groups (broad SMARTS) is 1. The molecule has 0 aromatic carbocycles. The molecule has 0 aliphatic carbocycles. The average molecular weight is 537 g/mol. The number of carboxylic acids is 1. The highest BCUT2D eigenvalue weighted by atomic mass is 32.2. The Hall–Kier alpha value is -3.39. The number of aromatic nitrogens is 4. The monoisotopic (exact) mass is 536 g/mol. The van der Waals surface area contributed by atoms with Gasteiger partial charge >= 0.3 is 5.97 Å². The fourth-order valence-electron chi connectivity index (χ4n) is 3.47. The molecule has 0 aliphatic heterocycles. The van der Waals surface area contributed by atoms with Gasteiger partial charge < -0.3 is 36.8 Å². The SMILES string of the molecule is CCC(C)C(N)C(=O)NC(Cc1cnc[nH]1)C(=O)NC(Cc1cnc[nH]1)C(=O)NC(CCSC)C(=O)O. The first-order valence-electron chi connectivity index (χ1n) is 12.0. The molecule has 2 rings (SSSR count). The van der Waals surface area contributed by atoms with Gasteiger partial charge in [-0.2, -0.15) is 11.8 Å². The van der Waals surface area contributed by atoms with Crippen LogP contribution < -0.4 is 21.7 Å². The summed E-state index contributed by atoms with van der Waals surface area (Å²) < 4.78 is 0. The third-order valence-corrected chi connectivity index (χ3v) is 6.65. The fourth-order valence-corrected chi connectivity index (χ4v) is 3.94. The molecule has 204 valence electrons. The Kier molecular flexibility index (Phi) is 12.1. The van der Waals surface area contributed by atoms with Gasteiger partial charge in [-0.1, -0.05) is 20.3 Å². The van der Waals surface area contributed by atoms with Crippen molar-refractivity contribution in [1.82, 2.24) is 35.9 Å². The van der Waals surface area contributed by atoms with Crippen molar-refractivity contribution in [2.24, 2.45) is 11.7 Å². The number of rotatable bonds is 16. The van der Waals surface area contributed by atoms with Crippen LogP contribution in [0.15, 0.2) is 25.0 Å². The minimum Gasteiger partial charge on any atom is -0.480 e. The van der Waals surface area contributed by atoms with E-state index in [0.29, 0.717) is 23.6 Å². The molecule has 2 aromatic heterocycles. The second-order valence-electron chi connectivity index (χ2n) is 8.78. The van der Waals surface area contributed by atoms with E-state index in [1.165, 1.54) is 36.8 Å². The molecule has 5 atom stereocenters. The molecular weight excluding hydrogens is 500 g/mol. The van der Waals surface area contributed by atoms with Crippen molar-refractivity contribution in [3.63, 3.8) is 0 Å². The van der Waals surface area contributed by atoms with Crippen LogP contribution in [0.4, 0.5) is 0 Å². The van der Waals surface area contributed by atoms with Crippen LogP contribution in [-0.2, 0) is 32.0 Å². The lowest BCUT2D eigenvalue weighted by molar-refractivity contribution is -0.142. The van der Waals surface area contributed by atoms with Crippen molar-refractivity contribution in [1.29, 1.82) is 0 Å². The van der Waals surface area contributed by atoms with Gasteiger partial charge in [0.15, 0.2) is 0 Å². The van der Waals surface area contributed by atoms with E-state index in [1.54, 1.807) is 0 Å². The van der Waals surface area contributed by atoms with Crippen molar-refractivity contribution in [2.75, 3.05) is 12.0 Å². The summed E-state index contributed by atoms with van der Waals surface area (Å²) in [5.74, 6) is -2.54. The molecule has 0 aliphatic rings. The lowest BCUT2D eigenvalue weighted by atomic mass is 9.98. The number of thioether (sulfide) groups is 1. The highest BCUT2D eigenvalue weighted by Crippen LogP contribution is 2.08. The molecule has 13 nitrogen and oxygen atoms in total. The van der Waals surface area contributed by atoms with E-state index in [1.807, 2.05) is 20.1 Å². The molecule has 0 spiro atoms. The maximum absolute atomic E-state index is 13.4. The van der Waals surface area contributed by atoms with Crippen molar-refractivity contribution < 1.29 is 24.3 Å². The molecular formula is C23H36N8O5S. The summed E-state index contributed by atoms with van der Waals surface area (Å²) >= 11 is 1.46. The summed E-state index contributed by atoms with van der Waals surface area (Å²) in [7, 11) is 0. The highest BCUT2D eigenvalue weighted by Gasteiger charge is 2.31. The van der Waals surface area contributed by atoms with Gasteiger partial charge in [-0.05, 0) is 24.3 Å². The second kappa shape index (κ2) is 15.0. The summed E-state index contributed by atoms with van der Waals surface area (Å²) in [5.41, 5.74) is 7.21. The molecule has 14 heteroatoms. The quantitative estimate of drug-likeness (QED) is 0.148. The lowest BCUT2D eigenvalue weighted by Crippen LogP contribution is -2.58. The number of aromatic amines is 2. The molecule has 0 saturated heterocycles. The van der Waals surface area contributed by atoms with Gasteiger partial charge in [0.05, 0.1) is 18.7 Å². The van der Waals surface area contributed by atoms with E-state index >= 15 is 0 Å². The van der Waals surface area contributed by atoms with E-state index in [-0.39, 0.29) is 25.2 Å². The van der Waals surface area contributed by atoms with E-state index in [9.17, 15) is 24.3 Å². The number of amides is 3. The fraction of sp³-hybridized carbons (Fsp3) is 0.565. The highest BCUT2D eigenvalue weighted by molar-refractivity contribution is 7.98. The van der Waals surface area contributed by atoms with Gasteiger partial charge in [-0.3, -0.25) is 14.4 Å². The van der Waals surface area contributed by atoms with Crippen LogP contribution in [0.2, 0.25) is 0 Å². The minimum absolute atomic E-state index is 0.0313. The van der Waals surface area contributed by atoms with Crippen molar-refractivity contribution in [2.45, 2.75) is 63.7 Å². The van der Waals surface area contributed by atoms with Gasteiger partial charge in [0.2, 0.25) is 17.7 Å². The molecule has 2 aromatic rings. The number of H-pyrrole nitrogens is 2. The van der Waals surface area contributed by atoms with Gasteiger partial charge in [0.25, 0.3) is 0 Å². The zero-order valence-electron chi connectivity index (χ0n) is 21.2. The van der Waals surface area contributed by atoms with Gasteiger partial charge in [-0.25, -0.2) is 14.8 Å². The number of carbonyl (C=O) groups is 4. The number of imidazole rings is 2. The molecule has 0 fully saturated rings. The van der Waals surface area contributed by atoms with Crippen molar-refractivity contribution in [3.8, 4) is 0 Å². The van der Waals surface area contributed by atoms with Crippen LogP contribution in [-0.4, -0.2) is 84.9 Å². The van der Waals surface area contributed by atoms with Crippen LogP contribution in [0.1, 0.15) is 38.1 Å². The smallest absolute Gasteiger partial charge is 0.326 e. The van der Waals surface area contributed by atoms with E-state index in [4.69, 9.17) is 5.73 Å². The maximum Gasteiger partial charge on any atom is 0.326 e. The van der Waals surface area contributed by atoms with Gasteiger partial charge in [0.1, 0.15) is 18.1 Å². The van der Waals surface area contributed by atoms with E-state index in [0.717, 1.165) is 0 Å². The van der Waals surface area contributed by atoms with Crippen LogP contribution in [0.5, 0.6) is 0 Å². The van der Waals surface area contributed by atoms with E-state index in [2.05, 4.69) is 35.9 Å². The Morgan fingerprint density at radius 2 is 1.43 bits per heavy atom. The van der Waals surface area contributed by atoms with Crippen LogP contribution in [0.3, 0.4) is 0 Å². The first-order valence-corrected chi connectivity index (χ1v) is 13.4. The predicted octanol–water partition coefficient (Wildman–Crippen LogP) is -0.416. The normalized spacial score (nSPS) is 15.1. The molecule has 0 saturated carbocycles. The van der Waals surface area contributed by atoms with E-state index < -0.39 is 47.9 Å². The summed E-state index contributed by atoms with van der Waals surface area (Å²) in [5, 5.41) is 17.4. The molecule has 2 heterocycles. The average Bonchev–Trinajstić information content (AvgIpc) is 3.58. The lowest BCUT2D eigenvalue weighted by Gasteiger charge is -2.26.